The SMILES string of the molecule is CC(=O)[C@H]1CC[C@H]2[C@@H]3CC=C4CC(O[Si](C(C)C)(C(C)C)C(C)C)CC[C@]4(C)[C@H]3CC[C@]12C. The highest BCUT2D eigenvalue weighted by atomic mass is 28.4. The van der Waals surface area contributed by atoms with Crippen molar-refractivity contribution in [3.05, 3.63) is 11.6 Å². The van der Waals surface area contributed by atoms with Crippen molar-refractivity contribution in [1.82, 2.24) is 0 Å². The summed E-state index contributed by atoms with van der Waals surface area (Å²) in [6.45, 7) is 21.4. The number of carbonyl (C=O) groups is 1. The Morgan fingerprint density at radius 2 is 1.58 bits per heavy atom. The van der Waals surface area contributed by atoms with Gasteiger partial charge in [-0.2, -0.15) is 0 Å². The summed E-state index contributed by atoms with van der Waals surface area (Å²) in [6.07, 6.45) is 13.0. The van der Waals surface area contributed by atoms with Crippen molar-refractivity contribution in [2.75, 3.05) is 0 Å². The van der Waals surface area contributed by atoms with E-state index in [1.807, 2.05) is 6.92 Å². The maximum atomic E-state index is 12.4. The van der Waals surface area contributed by atoms with E-state index in [2.05, 4.69) is 61.5 Å². The predicted molar refractivity (Wildman–Crippen MR) is 142 cm³/mol. The summed E-state index contributed by atoms with van der Waals surface area (Å²) in [4.78, 5) is 12.4. The number of allylic oxidation sites excluding steroid dienone is 1. The summed E-state index contributed by atoms with van der Waals surface area (Å²) >= 11 is 0. The molecule has 0 N–H and O–H groups in total. The summed E-state index contributed by atoms with van der Waals surface area (Å²) in [6, 6.07) is 0. The van der Waals surface area contributed by atoms with Crippen molar-refractivity contribution in [2.24, 2.45) is 34.5 Å². The van der Waals surface area contributed by atoms with Gasteiger partial charge in [0.05, 0.1) is 0 Å². The smallest absolute Gasteiger partial charge is 0.200 e. The average Bonchev–Trinajstić information content (AvgIpc) is 3.08. The summed E-state index contributed by atoms with van der Waals surface area (Å²) in [5.74, 6) is 3.10. The van der Waals surface area contributed by atoms with Crippen LogP contribution in [0.4, 0.5) is 0 Å². The lowest BCUT2D eigenvalue weighted by Gasteiger charge is -2.58. The molecule has 4 aliphatic carbocycles. The molecule has 0 bridgehead atoms. The van der Waals surface area contributed by atoms with Crippen LogP contribution in [0.5, 0.6) is 0 Å². The number of fused-ring (bicyclic) bond motifs is 5. The number of carbonyl (C=O) groups excluding carboxylic acids is 1. The van der Waals surface area contributed by atoms with Gasteiger partial charge in [0.2, 0.25) is 8.32 Å². The van der Waals surface area contributed by atoms with Crippen molar-refractivity contribution >= 4 is 14.1 Å². The highest BCUT2D eigenvalue weighted by Crippen LogP contribution is 2.66. The second-order valence-electron chi connectivity index (χ2n) is 13.8. The van der Waals surface area contributed by atoms with E-state index in [4.69, 9.17) is 4.43 Å². The molecule has 3 saturated carbocycles. The van der Waals surface area contributed by atoms with E-state index in [1.165, 1.54) is 44.9 Å². The normalized spacial score (nSPS) is 41.1. The lowest BCUT2D eigenvalue weighted by molar-refractivity contribution is -0.127. The van der Waals surface area contributed by atoms with Gasteiger partial charge in [-0.3, -0.25) is 4.79 Å². The Morgan fingerprint density at radius 1 is 0.939 bits per heavy atom. The zero-order valence-electron chi connectivity index (χ0n) is 23.2. The number of ketones is 1. The summed E-state index contributed by atoms with van der Waals surface area (Å²) in [5.41, 5.74) is 4.31. The molecule has 3 fully saturated rings. The van der Waals surface area contributed by atoms with Crippen molar-refractivity contribution < 1.29 is 9.22 Å². The molecule has 33 heavy (non-hydrogen) atoms. The number of rotatable bonds is 6. The third-order valence-corrected chi connectivity index (χ3v) is 17.8. The first-order valence-electron chi connectivity index (χ1n) is 14.3. The Labute approximate surface area is 205 Å². The summed E-state index contributed by atoms with van der Waals surface area (Å²) in [7, 11) is -1.84. The van der Waals surface area contributed by atoms with E-state index in [1.54, 1.807) is 5.57 Å². The largest absolute Gasteiger partial charge is 0.413 e. The fourth-order valence-electron chi connectivity index (χ4n) is 10.1. The Kier molecular flexibility index (Phi) is 6.93. The van der Waals surface area contributed by atoms with Crippen LogP contribution in [-0.2, 0) is 9.22 Å². The Morgan fingerprint density at radius 3 is 2.15 bits per heavy atom. The van der Waals surface area contributed by atoms with Crippen LogP contribution in [0.1, 0.15) is 114 Å². The van der Waals surface area contributed by atoms with Crippen LogP contribution in [0.15, 0.2) is 11.6 Å². The van der Waals surface area contributed by atoms with Crippen LogP contribution < -0.4 is 0 Å². The van der Waals surface area contributed by atoms with Crippen molar-refractivity contribution in [1.29, 1.82) is 0 Å². The molecule has 0 amide bonds. The van der Waals surface area contributed by atoms with Gasteiger partial charge in [0.1, 0.15) is 5.78 Å². The summed E-state index contributed by atoms with van der Waals surface area (Å²) in [5, 5.41) is 0. The minimum absolute atomic E-state index is 0.256. The topological polar surface area (TPSA) is 26.3 Å². The minimum Gasteiger partial charge on any atom is -0.413 e. The van der Waals surface area contributed by atoms with Crippen LogP contribution in [-0.4, -0.2) is 20.2 Å². The molecule has 0 aromatic rings. The molecule has 0 aromatic carbocycles. The maximum Gasteiger partial charge on any atom is 0.200 e. The molecule has 188 valence electrons. The van der Waals surface area contributed by atoms with Crippen LogP contribution >= 0.6 is 0 Å². The molecule has 2 nitrogen and oxygen atoms in total. The van der Waals surface area contributed by atoms with E-state index in [9.17, 15) is 4.79 Å². The zero-order chi connectivity index (χ0) is 24.3. The third kappa shape index (κ3) is 3.86. The van der Waals surface area contributed by atoms with E-state index < -0.39 is 8.32 Å². The molecule has 0 radical (unpaired) electrons. The Bertz CT molecular complexity index is 760. The van der Waals surface area contributed by atoms with Gasteiger partial charge in [-0.25, -0.2) is 0 Å². The first-order valence-corrected chi connectivity index (χ1v) is 16.4. The maximum absolute atomic E-state index is 12.4. The van der Waals surface area contributed by atoms with Gasteiger partial charge in [-0.15, -0.1) is 0 Å². The molecular formula is C30H52O2Si. The van der Waals surface area contributed by atoms with Crippen molar-refractivity contribution in [3.63, 3.8) is 0 Å². The van der Waals surface area contributed by atoms with E-state index in [0.29, 0.717) is 39.8 Å². The molecule has 7 atom stereocenters. The Balaban J connectivity index is 1.55. The molecule has 0 saturated heterocycles. The molecule has 0 heterocycles. The third-order valence-electron chi connectivity index (χ3n) is 11.6. The van der Waals surface area contributed by atoms with Gasteiger partial charge in [0.15, 0.2) is 0 Å². The molecule has 1 unspecified atom stereocenters. The quantitative estimate of drug-likeness (QED) is 0.285. The standard InChI is InChI=1S/C30H52O2Si/c1-19(2)33(20(3)4,21(5)6)32-24-14-16-29(8)23(18-24)10-11-25-27-13-12-26(22(7)31)30(27,9)17-15-28(25)29/h10,19-21,24-28H,11-18H2,1-9H3/t24?,25-,26+,27-,28-,29-,30+/m0/s1. The van der Waals surface area contributed by atoms with Gasteiger partial charge < -0.3 is 4.43 Å². The number of hydrogen-bond donors (Lipinski definition) is 0. The van der Waals surface area contributed by atoms with Gasteiger partial charge in [-0.1, -0.05) is 67.0 Å². The van der Waals surface area contributed by atoms with Crippen molar-refractivity contribution in [2.45, 2.75) is 136 Å². The van der Waals surface area contributed by atoms with Gasteiger partial charge >= 0.3 is 0 Å². The second-order valence-corrected chi connectivity index (χ2v) is 19.3. The van der Waals surface area contributed by atoms with Gasteiger partial charge in [0, 0.05) is 12.0 Å². The molecule has 0 aliphatic heterocycles. The predicted octanol–water partition coefficient (Wildman–Crippen LogP) is 8.72. The highest BCUT2D eigenvalue weighted by molar-refractivity contribution is 6.77. The van der Waals surface area contributed by atoms with Crippen LogP contribution in [0.3, 0.4) is 0 Å². The fourth-order valence-corrected chi connectivity index (χ4v) is 15.7. The Hall–Kier alpha value is -0.413. The van der Waals surface area contributed by atoms with E-state index >= 15 is 0 Å². The fraction of sp³-hybridized carbons (Fsp3) is 0.900. The van der Waals surface area contributed by atoms with Gasteiger partial charge in [-0.05, 0) is 103 Å². The molecular weight excluding hydrogens is 420 g/mol. The second kappa shape index (κ2) is 8.91. The first-order chi connectivity index (χ1) is 15.4. The molecule has 0 spiro atoms. The van der Waals surface area contributed by atoms with E-state index in [0.717, 1.165) is 24.2 Å². The van der Waals surface area contributed by atoms with Crippen LogP contribution in [0.25, 0.3) is 0 Å². The van der Waals surface area contributed by atoms with E-state index in [-0.39, 0.29) is 5.41 Å². The van der Waals surface area contributed by atoms with Gasteiger partial charge in [0.25, 0.3) is 0 Å². The summed E-state index contributed by atoms with van der Waals surface area (Å²) < 4.78 is 7.28. The first kappa shape index (κ1) is 25.7. The molecule has 4 aliphatic rings. The molecule has 3 heteroatoms. The zero-order valence-corrected chi connectivity index (χ0v) is 24.2. The minimum atomic E-state index is -1.84. The van der Waals surface area contributed by atoms with Crippen LogP contribution in [0.2, 0.25) is 16.6 Å². The number of hydrogen-bond acceptors (Lipinski definition) is 2. The highest BCUT2D eigenvalue weighted by Gasteiger charge is 2.59. The molecule has 0 aromatic heterocycles. The van der Waals surface area contributed by atoms with Crippen LogP contribution in [0, 0.1) is 34.5 Å². The number of Topliss-reactive ketones (excluding diaryl/α,β-unsaturated/α-hetero) is 1. The molecule has 4 rings (SSSR count). The van der Waals surface area contributed by atoms with Crippen molar-refractivity contribution in [3.8, 4) is 0 Å². The lowest BCUT2D eigenvalue weighted by atomic mass is 9.47. The average molecular weight is 473 g/mol. The monoisotopic (exact) mass is 472 g/mol. The lowest BCUT2D eigenvalue weighted by Crippen LogP contribution is -2.53.